The van der Waals surface area contributed by atoms with E-state index in [1.807, 2.05) is 0 Å². The third-order valence-corrected chi connectivity index (χ3v) is 4.21. The third-order valence-electron chi connectivity index (χ3n) is 4.21. The zero-order valence-corrected chi connectivity index (χ0v) is 10.2. The molecule has 0 bridgehead atoms. The number of hydrogen-bond acceptors (Lipinski definition) is 2. The molecule has 0 aromatic heterocycles. The van der Waals surface area contributed by atoms with Crippen LogP contribution in [0.4, 0.5) is 0 Å². The van der Waals surface area contributed by atoms with Crippen molar-refractivity contribution in [3.63, 3.8) is 0 Å². The summed E-state index contributed by atoms with van der Waals surface area (Å²) in [5, 5.41) is 3.20. The summed E-state index contributed by atoms with van der Waals surface area (Å²) in [6, 6.07) is 0.478. The minimum absolute atomic E-state index is 0.202. The number of amides is 1. The Kier molecular flexibility index (Phi) is 3.85. The lowest BCUT2D eigenvalue weighted by Gasteiger charge is -2.17. The molecule has 1 amide bonds. The molecular weight excluding hydrogens is 200 g/mol. The third kappa shape index (κ3) is 2.57. The zero-order chi connectivity index (χ0) is 11.5. The molecular formula is C13H24N2O. The lowest BCUT2D eigenvalue weighted by Crippen LogP contribution is -2.36. The van der Waals surface area contributed by atoms with Crippen LogP contribution in [0.25, 0.3) is 0 Å². The highest BCUT2D eigenvalue weighted by atomic mass is 16.2. The SMILES string of the molecule is CCCC1CC1NC(=O)[C@@H]1CCC[C@@H]1CN. The van der Waals surface area contributed by atoms with E-state index in [0.717, 1.165) is 18.8 Å². The highest BCUT2D eigenvalue weighted by Gasteiger charge is 2.40. The van der Waals surface area contributed by atoms with Crippen molar-refractivity contribution in [3.8, 4) is 0 Å². The molecule has 3 nitrogen and oxygen atoms in total. The van der Waals surface area contributed by atoms with Gasteiger partial charge in [-0.05, 0) is 44.1 Å². The first-order chi connectivity index (χ1) is 7.76. The van der Waals surface area contributed by atoms with Gasteiger partial charge in [0.2, 0.25) is 5.91 Å². The number of rotatable bonds is 5. The van der Waals surface area contributed by atoms with Gasteiger partial charge in [0.15, 0.2) is 0 Å². The maximum Gasteiger partial charge on any atom is 0.223 e. The first-order valence-electron chi connectivity index (χ1n) is 6.76. The molecule has 92 valence electrons. The molecule has 3 heteroatoms. The second-order valence-corrected chi connectivity index (χ2v) is 5.43. The van der Waals surface area contributed by atoms with E-state index in [4.69, 9.17) is 5.73 Å². The van der Waals surface area contributed by atoms with Gasteiger partial charge in [0.1, 0.15) is 0 Å². The lowest BCUT2D eigenvalue weighted by atomic mass is 9.95. The van der Waals surface area contributed by atoms with Crippen molar-refractivity contribution in [1.29, 1.82) is 0 Å². The fraction of sp³-hybridized carbons (Fsp3) is 0.923. The first-order valence-corrected chi connectivity index (χ1v) is 6.76. The van der Waals surface area contributed by atoms with Crippen LogP contribution in [0.5, 0.6) is 0 Å². The van der Waals surface area contributed by atoms with Crippen molar-refractivity contribution in [3.05, 3.63) is 0 Å². The molecule has 0 aliphatic heterocycles. The van der Waals surface area contributed by atoms with Gasteiger partial charge in [-0.2, -0.15) is 0 Å². The molecule has 0 aromatic rings. The normalized spacial score (nSPS) is 37.4. The lowest BCUT2D eigenvalue weighted by molar-refractivity contribution is -0.126. The second kappa shape index (κ2) is 5.17. The van der Waals surface area contributed by atoms with Gasteiger partial charge in [0.05, 0.1) is 0 Å². The van der Waals surface area contributed by atoms with E-state index in [-0.39, 0.29) is 11.8 Å². The van der Waals surface area contributed by atoms with E-state index in [1.54, 1.807) is 0 Å². The van der Waals surface area contributed by atoms with E-state index in [2.05, 4.69) is 12.2 Å². The van der Waals surface area contributed by atoms with Crippen LogP contribution in [-0.2, 0) is 4.79 Å². The maximum atomic E-state index is 12.0. The minimum atomic E-state index is 0.202. The molecule has 2 aliphatic rings. The highest BCUT2D eigenvalue weighted by Crippen LogP contribution is 2.36. The average molecular weight is 224 g/mol. The Labute approximate surface area is 98.2 Å². The van der Waals surface area contributed by atoms with Gasteiger partial charge in [0.25, 0.3) is 0 Å². The Morgan fingerprint density at radius 3 is 2.88 bits per heavy atom. The average Bonchev–Trinajstić information content (AvgIpc) is 2.84. The molecule has 0 spiro atoms. The molecule has 0 radical (unpaired) electrons. The van der Waals surface area contributed by atoms with E-state index < -0.39 is 0 Å². The molecule has 0 aromatic carbocycles. The van der Waals surface area contributed by atoms with Gasteiger partial charge >= 0.3 is 0 Å². The summed E-state index contributed by atoms with van der Waals surface area (Å²) in [6.07, 6.45) is 7.03. The van der Waals surface area contributed by atoms with Crippen LogP contribution in [0.2, 0.25) is 0 Å². The second-order valence-electron chi connectivity index (χ2n) is 5.43. The molecule has 2 aliphatic carbocycles. The van der Waals surface area contributed by atoms with Gasteiger partial charge in [0, 0.05) is 12.0 Å². The standard InChI is InChI=1S/C13H24N2O/c1-2-4-9-7-12(9)15-13(16)11-6-3-5-10(11)8-14/h9-12H,2-8,14H2,1H3,(H,15,16)/t9?,10-,11-,12?/m1/s1. The fourth-order valence-electron chi connectivity index (χ4n) is 3.07. The number of nitrogens with two attached hydrogens (primary N) is 1. The van der Waals surface area contributed by atoms with Crippen LogP contribution in [0.15, 0.2) is 0 Å². The van der Waals surface area contributed by atoms with Crippen LogP contribution >= 0.6 is 0 Å². The molecule has 2 fully saturated rings. The number of nitrogens with one attached hydrogen (secondary N) is 1. The Morgan fingerprint density at radius 2 is 2.19 bits per heavy atom. The predicted molar refractivity (Wildman–Crippen MR) is 64.8 cm³/mol. The summed E-state index contributed by atoms with van der Waals surface area (Å²) in [6.45, 7) is 2.87. The number of carbonyl (C=O) groups is 1. The van der Waals surface area contributed by atoms with E-state index in [9.17, 15) is 4.79 Å². The maximum absolute atomic E-state index is 12.0. The largest absolute Gasteiger partial charge is 0.353 e. The van der Waals surface area contributed by atoms with Crippen molar-refractivity contribution >= 4 is 5.91 Å². The van der Waals surface area contributed by atoms with Crippen molar-refractivity contribution in [2.45, 2.75) is 51.5 Å². The molecule has 2 saturated carbocycles. The highest BCUT2D eigenvalue weighted by molar-refractivity contribution is 5.80. The topological polar surface area (TPSA) is 55.1 Å². The van der Waals surface area contributed by atoms with Gasteiger partial charge < -0.3 is 11.1 Å². The molecule has 16 heavy (non-hydrogen) atoms. The predicted octanol–water partition coefficient (Wildman–Crippen LogP) is 1.67. The van der Waals surface area contributed by atoms with E-state index in [0.29, 0.717) is 18.5 Å². The first kappa shape index (κ1) is 11.9. The zero-order valence-electron chi connectivity index (χ0n) is 10.2. The Balaban J connectivity index is 1.76. The summed E-state index contributed by atoms with van der Waals surface area (Å²) in [5.41, 5.74) is 5.70. The minimum Gasteiger partial charge on any atom is -0.353 e. The number of hydrogen-bond donors (Lipinski definition) is 2. The Morgan fingerprint density at radius 1 is 1.38 bits per heavy atom. The van der Waals surface area contributed by atoms with Gasteiger partial charge in [-0.25, -0.2) is 0 Å². The summed E-state index contributed by atoms with van der Waals surface area (Å²) in [5.74, 6) is 1.67. The monoisotopic (exact) mass is 224 g/mol. The fourth-order valence-corrected chi connectivity index (χ4v) is 3.07. The van der Waals surface area contributed by atoms with E-state index in [1.165, 1.54) is 25.7 Å². The molecule has 4 atom stereocenters. The summed E-state index contributed by atoms with van der Waals surface area (Å²) >= 11 is 0. The van der Waals surface area contributed by atoms with Crippen LogP contribution in [0.3, 0.4) is 0 Å². The quantitative estimate of drug-likeness (QED) is 0.746. The Hall–Kier alpha value is -0.570. The van der Waals surface area contributed by atoms with Crippen molar-refractivity contribution in [2.75, 3.05) is 6.54 Å². The number of carbonyl (C=O) groups excluding carboxylic acids is 1. The molecule has 2 unspecified atom stereocenters. The molecule has 0 heterocycles. The van der Waals surface area contributed by atoms with Crippen LogP contribution in [0, 0.1) is 17.8 Å². The van der Waals surface area contributed by atoms with Gasteiger partial charge in [-0.3, -0.25) is 4.79 Å². The van der Waals surface area contributed by atoms with Crippen molar-refractivity contribution in [1.82, 2.24) is 5.32 Å². The van der Waals surface area contributed by atoms with E-state index >= 15 is 0 Å². The summed E-state index contributed by atoms with van der Waals surface area (Å²) < 4.78 is 0. The van der Waals surface area contributed by atoms with Crippen LogP contribution in [0.1, 0.15) is 45.4 Å². The molecule has 3 N–H and O–H groups in total. The van der Waals surface area contributed by atoms with Gasteiger partial charge in [-0.15, -0.1) is 0 Å². The van der Waals surface area contributed by atoms with Crippen LogP contribution < -0.4 is 11.1 Å². The van der Waals surface area contributed by atoms with Crippen molar-refractivity contribution in [2.24, 2.45) is 23.5 Å². The molecule has 0 saturated heterocycles. The van der Waals surface area contributed by atoms with Gasteiger partial charge in [-0.1, -0.05) is 19.8 Å². The Bertz CT molecular complexity index is 254. The summed E-state index contributed by atoms with van der Waals surface area (Å²) in [4.78, 5) is 12.0. The van der Waals surface area contributed by atoms with Crippen molar-refractivity contribution < 1.29 is 4.79 Å². The van der Waals surface area contributed by atoms with Crippen LogP contribution in [-0.4, -0.2) is 18.5 Å². The summed E-state index contributed by atoms with van der Waals surface area (Å²) in [7, 11) is 0. The molecule has 2 rings (SSSR count). The smallest absolute Gasteiger partial charge is 0.223 e.